The van der Waals surface area contributed by atoms with Gasteiger partial charge in [0.15, 0.2) is 11.6 Å². The molecule has 0 atom stereocenters. The molecule has 1 spiro atoms. The predicted octanol–water partition coefficient (Wildman–Crippen LogP) is 5.28. The SMILES string of the molecule is C1COC2(C1)CCNCC2.CCN(C)SNc1ccc(F)c(Oc2ccc3nccnc3c2)c1C#N. The maximum absolute atomic E-state index is 14.3. The van der Waals surface area contributed by atoms with Crippen LogP contribution in [0.25, 0.3) is 11.0 Å². The van der Waals surface area contributed by atoms with Crippen LogP contribution < -0.4 is 14.8 Å². The van der Waals surface area contributed by atoms with Gasteiger partial charge in [-0.2, -0.15) is 5.26 Å². The van der Waals surface area contributed by atoms with Crippen molar-refractivity contribution < 1.29 is 13.9 Å². The third kappa shape index (κ3) is 6.42. The molecule has 3 heterocycles. The van der Waals surface area contributed by atoms with Gasteiger partial charge in [0.2, 0.25) is 0 Å². The van der Waals surface area contributed by atoms with Gasteiger partial charge < -0.3 is 19.5 Å². The largest absolute Gasteiger partial charge is 0.453 e. The van der Waals surface area contributed by atoms with Gasteiger partial charge >= 0.3 is 0 Å². The van der Waals surface area contributed by atoms with Gasteiger partial charge in [0.05, 0.1) is 22.3 Å². The molecule has 190 valence electrons. The van der Waals surface area contributed by atoms with Crippen molar-refractivity contribution in [3.05, 3.63) is 54.1 Å². The number of fused-ring (bicyclic) bond motifs is 1. The molecule has 10 heteroatoms. The fourth-order valence-corrected chi connectivity index (χ4v) is 4.75. The molecule has 36 heavy (non-hydrogen) atoms. The van der Waals surface area contributed by atoms with Crippen LogP contribution >= 0.6 is 12.1 Å². The van der Waals surface area contributed by atoms with E-state index < -0.39 is 5.82 Å². The lowest BCUT2D eigenvalue weighted by atomic mass is 9.90. The van der Waals surface area contributed by atoms with Gasteiger partial charge in [-0.15, -0.1) is 0 Å². The van der Waals surface area contributed by atoms with Crippen molar-refractivity contribution in [2.45, 2.75) is 38.2 Å². The molecule has 0 bridgehead atoms. The van der Waals surface area contributed by atoms with E-state index in [2.05, 4.69) is 20.0 Å². The van der Waals surface area contributed by atoms with Crippen LogP contribution in [0.3, 0.4) is 0 Å². The van der Waals surface area contributed by atoms with Gasteiger partial charge in [0, 0.05) is 43.7 Å². The molecule has 2 aromatic carbocycles. The summed E-state index contributed by atoms with van der Waals surface area (Å²) in [6.07, 6.45) is 8.20. The normalized spacial score (nSPS) is 16.4. The van der Waals surface area contributed by atoms with Crippen LogP contribution in [0.2, 0.25) is 0 Å². The number of rotatable bonds is 6. The van der Waals surface area contributed by atoms with Gasteiger partial charge in [-0.25, -0.2) is 8.70 Å². The summed E-state index contributed by atoms with van der Waals surface area (Å²) in [5.74, 6) is -0.357. The number of anilines is 1. The summed E-state index contributed by atoms with van der Waals surface area (Å²) in [4.78, 5) is 8.38. The van der Waals surface area contributed by atoms with Crippen molar-refractivity contribution in [1.82, 2.24) is 19.6 Å². The Hall–Kier alpha value is -2.97. The number of nitrogens with one attached hydrogen (secondary N) is 2. The number of hydrogen-bond donors (Lipinski definition) is 2. The topological polar surface area (TPSA) is 95.3 Å². The minimum absolute atomic E-state index is 0.0984. The Morgan fingerprint density at radius 3 is 2.67 bits per heavy atom. The molecule has 0 saturated carbocycles. The number of halogens is 1. The molecule has 8 nitrogen and oxygen atoms in total. The summed E-state index contributed by atoms with van der Waals surface area (Å²) in [5, 5.41) is 12.9. The summed E-state index contributed by atoms with van der Waals surface area (Å²) < 4.78 is 30.7. The van der Waals surface area contributed by atoms with Crippen molar-refractivity contribution >= 4 is 28.9 Å². The van der Waals surface area contributed by atoms with E-state index in [0.29, 0.717) is 28.1 Å². The van der Waals surface area contributed by atoms with E-state index in [-0.39, 0.29) is 11.3 Å². The average Bonchev–Trinajstić information content (AvgIpc) is 3.36. The molecule has 1 aromatic heterocycles. The summed E-state index contributed by atoms with van der Waals surface area (Å²) in [5.41, 5.74) is 2.22. The summed E-state index contributed by atoms with van der Waals surface area (Å²) >= 11 is 1.32. The van der Waals surface area contributed by atoms with E-state index in [1.165, 1.54) is 49.9 Å². The van der Waals surface area contributed by atoms with E-state index in [0.717, 1.165) is 26.2 Å². The minimum Gasteiger partial charge on any atom is -0.453 e. The highest BCUT2D eigenvalue weighted by atomic mass is 32.2. The van der Waals surface area contributed by atoms with Crippen LogP contribution in [-0.2, 0) is 4.74 Å². The zero-order chi connectivity index (χ0) is 25.4. The molecule has 2 saturated heterocycles. The summed E-state index contributed by atoms with van der Waals surface area (Å²) in [6.45, 7) is 6.12. The second-order valence-corrected chi connectivity index (χ2v) is 9.75. The quantitative estimate of drug-likeness (QED) is 0.430. The summed E-state index contributed by atoms with van der Waals surface area (Å²) in [6, 6.07) is 9.85. The van der Waals surface area contributed by atoms with Gasteiger partial charge in [0.25, 0.3) is 0 Å². The van der Waals surface area contributed by atoms with Gasteiger partial charge in [-0.05, 0) is 70.1 Å². The second-order valence-electron chi connectivity index (χ2n) is 8.74. The van der Waals surface area contributed by atoms with Crippen molar-refractivity contribution in [1.29, 1.82) is 5.26 Å². The Morgan fingerprint density at radius 2 is 1.97 bits per heavy atom. The maximum Gasteiger partial charge on any atom is 0.182 e. The zero-order valence-electron chi connectivity index (χ0n) is 20.6. The molecule has 0 unspecified atom stereocenters. The van der Waals surface area contributed by atoms with Gasteiger partial charge in [-0.3, -0.25) is 9.97 Å². The highest BCUT2D eigenvalue weighted by Gasteiger charge is 2.35. The Labute approximate surface area is 215 Å². The third-order valence-corrected chi connectivity index (χ3v) is 7.22. The average molecular weight is 511 g/mol. The van der Waals surface area contributed by atoms with Gasteiger partial charge in [0.1, 0.15) is 17.4 Å². The lowest BCUT2D eigenvalue weighted by molar-refractivity contribution is -0.0190. The van der Waals surface area contributed by atoms with Crippen LogP contribution in [0.4, 0.5) is 10.1 Å². The number of nitrogens with zero attached hydrogens (tertiary/aromatic N) is 4. The molecule has 0 aliphatic carbocycles. The highest BCUT2D eigenvalue weighted by molar-refractivity contribution is 7.98. The summed E-state index contributed by atoms with van der Waals surface area (Å²) in [7, 11) is 1.90. The van der Waals surface area contributed by atoms with E-state index in [4.69, 9.17) is 9.47 Å². The van der Waals surface area contributed by atoms with Crippen molar-refractivity contribution in [3.63, 3.8) is 0 Å². The molecule has 2 aliphatic rings. The van der Waals surface area contributed by atoms with Gasteiger partial charge in [-0.1, -0.05) is 6.92 Å². The molecule has 2 fully saturated rings. The van der Waals surface area contributed by atoms with Crippen LogP contribution in [0.5, 0.6) is 11.5 Å². The van der Waals surface area contributed by atoms with Crippen LogP contribution in [-0.4, -0.2) is 53.2 Å². The van der Waals surface area contributed by atoms with Crippen molar-refractivity contribution in [2.24, 2.45) is 0 Å². The smallest absolute Gasteiger partial charge is 0.182 e. The number of benzene rings is 2. The van der Waals surface area contributed by atoms with Crippen LogP contribution in [0.15, 0.2) is 42.7 Å². The molecule has 2 N–H and O–H groups in total. The monoisotopic (exact) mass is 510 g/mol. The highest BCUT2D eigenvalue weighted by Crippen LogP contribution is 2.35. The van der Waals surface area contributed by atoms with Crippen molar-refractivity contribution in [2.75, 3.05) is 38.0 Å². The van der Waals surface area contributed by atoms with E-state index in [9.17, 15) is 9.65 Å². The molecule has 3 aromatic rings. The molecule has 0 amide bonds. The zero-order valence-corrected chi connectivity index (χ0v) is 21.4. The van der Waals surface area contributed by atoms with E-state index in [1.807, 2.05) is 24.3 Å². The second kappa shape index (κ2) is 12.3. The standard InChI is InChI=1S/C18H16FN5OS.C8H15NO/c1-3-24(2)26-23-15-7-5-14(19)18(13(15)11-20)25-12-4-6-16-17(10-12)22-9-8-21-16;1-2-8(10-7-1)3-5-9-6-4-8/h4-10,23H,3H2,1-2H3;9H,1-7H2. The molecular weight excluding hydrogens is 479 g/mol. The molecule has 5 rings (SSSR count). The van der Waals surface area contributed by atoms with Crippen LogP contribution in [0.1, 0.15) is 38.2 Å². The first-order chi connectivity index (χ1) is 17.5. The number of nitriles is 1. The molecule has 0 radical (unpaired) electrons. The Balaban J connectivity index is 0.000000251. The third-order valence-electron chi connectivity index (χ3n) is 6.34. The number of ether oxygens (including phenoxy) is 2. The Morgan fingerprint density at radius 1 is 1.19 bits per heavy atom. The number of hydrogen-bond acceptors (Lipinski definition) is 9. The maximum atomic E-state index is 14.3. The first-order valence-electron chi connectivity index (χ1n) is 12.1. The Bertz CT molecular complexity index is 1210. The first-order valence-corrected chi connectivity index (χ1v) is 12.9. The van der Waals surface area contributed by atoms with E-state index in [1.54, 1.807) is 30.6 Å². The van der Waals surface area contributed by atoms with E-state index >= 15 is 0 Å². The fraction of sp³-hybridized carbons (Fsp3) is 0.423. The lowest BCUT2D eigenvalue weighted by Crippen LogP contribution is -2.41. The number of aromatic nitrogens is 2. The number of piperidine rings is 1. The molecule has 2 aliphatic heterocycles. The molecular formula is C26H31FN6O2S. The lowest BCUT2D eigenvalue weighted by Gasteiger charge is -2.32. The fourth-order valence-electron chi connectivity index (χ4n) is 4.20. The Kier molecular flexibility index (Phi) is 8.93. The van der Waals surface area contributed by atoms with Crippen LogP contribution in [0, 0.1) is 17.1 Å². The minimum atomic E-state index is -0.611. The first kappa shape index (κ1) is 26.1. The predicted molar refractivity (Wildman–Crippen MR) is 140 cm³/mol. The van der Waals surface area contributed by atoms with Crippen molar-refractivity contribution in [3.8, 4) is 17.6 Å².